The molecule has 0 saturated heterocycles. The molecule has 0 amide bonds. The van der Waals surface area contributed by atoms with Crippen LogP contribution in [0, 0.1) is 0 Å². The Morgan fingerprint density at radius 2 is 1.19 bits per heavy atom. The van der Waals surface area contributed by atoms with E-state index in [-0.39, 0.29) is 13.2 Å². The van der Waals surface area contributed by atoms with Crippen molar-refractivity contribution in [2.24, 2.45) is 0 Å². The number of aliphatic carboxylic acids is 1. The average molecular weight is 467 g/mol. The summed E-state index contributed by atoms with van der Waals surface area (Å²) in [6.45, 7) is 2.66. The van der Waals surface area contributed by atoms with Gasteiger partial charge in [-0.05, 0) is 6.42 Å². The third-order valence-electron chi connectivity index (χ3n) is 5.10. The van der Waals surface area contributed by atoms with E-state index >= 15 is 0 Å². The van der Waals surface area contributed by atoms with Gasteiger partial charge < -0.3 is 14.6 Å². The molecule has 0 rings (SSSR count). The predicted octanol–water partition coefficient (Wildman–Crippen LogP) is 4.76. The van der Waals surface area contributed by atoms with E-state index in [9.17, 15) is 18.0 Å². The number of carbonyl (C=O) groups is 2. The summed E-state index contributed by atoms with van der Waals surface area (Å²) in [4.78, 5) is 22.2. The first-order valence-electron chi connectivity index (χ1n) is 11.7. The lowest BCUT2D eigenvalue weighted by Gasteiger charge is -2.11. The number of hydrogen-bond donors (Lipinski definition) is 2. The lowest BCUT2D eigenvalue weighted by atomic mass is 10.0. The number of rotatable bonds is 22. The van der Waals surface area contributed by atoms with Crippen LogP contribution in [0.5, 0.6) is 0 Å². The van der Waals surface area contributed by atoms with Crippen LogP contribution in [0.4, 0.5) is 0 Å². The van der Waals surface area contributed by atoms with Crippen molar-refractivity contribution in [3.63, 3.8) is 0 Å². The maximum absolute atomic E-state index is 11.6. The molecule has 1 unspecified atom stereocenters. The number of carboxylic acids is 1. The van der Waals surface area contributed by atoms with Gasteiger partial charge >= 0.3 is 11.9 Å². The van der Waals surface area contributed by atoms with Crippen LogP contribution >= 0.6 is 0 Å². The summed E-state index contributed by atoms with van der Waals surface area (Å²) in [6, 6.07) is 0. The summed E-state index contributed by atoms with van der Waals surface area (Å²) < 4.78 is 41.1. The van der Waals surface area contributed by atoms with Crippen molar-refractivity contribution < 1.29 is 37.1 Å². The van der Waals surface area contributed by atoms with Gasteiger partial charge in [-0.15, -0.1) is 0 Å². The number of unbranched alkanes of at least 4 members (excludes halogenated alkanes) is 13. The number of esters is 1. The largest absolute Gasteiger partial charge is 0.481 e. The topological polar surface area (TPSA) is 127 Å². The van der Waals surface area contributed by atoms with Crippen molar-refractivity contribution in [3.05, 3.63) is 0 Å². The van der Waals surface area contributed by atoms with E-state index in [1.807, 2.05) is 0 Å². The van der Waals surface area contributed by atoms with Gasteiger partial charge in [-0.2, -0.15) is 8.42 Å². The van der Waals surface area contributed by atoms with Gasteiger partial charge in [0, 0.05) is 6.61 Å². The normalized spacial score (nSPS) is 12.6. The van der Waals surface area contributed by atoms with Gasteiger partial charge in [0.25, 0.3) is 10.1 Å². The van der Waals surface area contributed by atoms with Crippen LogP contribution in [0.25, 0.3) is 0 Å². The maximum Gasteiger partial charge on any atom is 0.327 e. The Kier molecular flexibility index (Phi) is 18.7. The summed E-state index contributed by atoms with van der Waals surface area (Å²) in [7, 11) is -4.83. The predicted molar refractivity (Wildman–Crippen MR) is 120 cm³/mol. The molecule has 0 fully saturated rings. The number of carbonyl (C=O) groups excluding carboxylic acids is 1. The highest BCUT2D eigenvalue weighted by molar-refractivity contribution is 7.87. The molecule has 31 heavy (non-hydrogen) atoms. The summed E-state index contributed by atoms with van der Waals surface area (Å²) in [5.41, 5.74) is 0. The van der Waals surface area contributed by atoms with Crippen molar-refractivity contribution in [1.29, 1.82) is 0 Å². The molecule has 0 aliphatic carbocycles. The van der Waals surface area contributed by atoms with Crippen LogP contribution in [0.3, 0.4) is 0 Å². The molecule has 0 aromatic rings. The van der Waals surface area contributed by atoms with E-state index in [0.717, 1.165) is 12.8 Å². The van der Waals surface area contributed by atoms with E-state index in [0.29, 0.717) is 6.61 Å². The molecule has 0 aromatic heterocycles. The molecule has 8 nitrogen and oxygen atoms in total. The quantitative estimate of drug-likeness (QED) is 0.133. The Hall–Kier alpha value is -1.19. The molecule has 0 aromatic carbocycles. The SMILES string of the molecule is CCCCCCCCCCCCCCCCOCCOC(=O)C(CC(=O)O)S(=O)(=O)O. The highest BCUT2D eigenvalue weighted by atomic mass is 32.2. The summed E-state index contributed by atoms with van der Waals surface area (Å²) >= 11 is 0. The highest BCUT2D eigenvalue weighted by Gasteiger charge is 2.34. The second-order valence-corrected chi connectivity index (χ2v) is 9.58. The van der Waals surface area contributed by atoms with Crippen molar-refractivity contribution in [2.75, 3.05) is 19.8 Å². The molecule has 184 valence electrons. The molecular weight excluding hydrogens is 424 g/mol. The fourth-order valence-electron chi connectivity index (χ4n) is 3.26. The van der Waals surface area contributed by atoms with Crippen LogP contribution in [0.1, 0.15) is 103 Å². The third-order valence-corrected chi connectivity index (χ3v) is 6.17. The van der Waals surface area contributed by atoms with E-state index in [4.69, 9.17) is 14.4 Å². The van der Waals surface area contributed by atoms with Crippen molar-refractivity contribution in [2.45, 2.75) is 108 Å². The van der Waals surface area contributed by atoms with Gasteiger partial charge in [0.05, 0.1) is 13.0 Å². The fraction of sp³-hybridized carbons (Fsp3) is 0.909. The first-order chi connectivity index (χ1) is 14.8. The van der Waals surface area contributed by atoms with Crippen LogP contribution in [0.2, 0.25) is 0 Å². The molecular formula is C22H42O8S. The second-order valence-electron chi connectivity index (χ2n) is 7.98. The molecule has 1 atom stereocenters. The smallest absolute Gasteiger partial charge is 0.327 e. The molecule has 0 radical (unpaired) electrons. The van der Waals surface area contributed by atoms with Crippen molar-refractivity contribution in [1.82, 2.24) is 0 Å². The minimum atomic E-state index is -4.83. The molecule has 0 aliphatic heterocycles. The number of ether oxygens (including phenoxy) is 2. The zero-order valence-electron chi connectivity index (χ0n) is 19.1. The van der Waals surface area contributed by atoms with E-state index < -0.39 is 33.7 Å². The Balaban J connectivity index is 3.46. The summed E-state index contributed by atoms with van der Waals surface area (Å²) in [6.07, 6.45) is 16.8. The van der Waals surface area contributed by atoms with Crippen LogP contribution in [-0.4, -0.2) is 55.1 Å². The van der Waals surface area contributed by atoms with Gasteiger partial charge in [-0.3, -0.25) is 14.1 Å². The Bertz CT molecular complexity index is 562. The highest BCUT2D eigenvalue weighted by Crippen LogP contribution is 2.13. The minimum absolute atomic E-state index is 0.0927. The first-order valence-corrected chi connectivity index (χ1v) is 13.2. The number of carboxylic acid groups (broad SMARTS) is 1. The molecule has 0 heterocycles. The Morgan fingerprint density at radius 1 is 0.742 bits per heavy atom. The third kappa shape index (κ3) is 19.2. The second kappa shape index (κ2) is 19.5. The van der Waals surface area contributed by atoms with Gasteiger partial charge in [0.1, 0.15) is 6.61 Å². The molecule has 9 heteroatoms. The molecule has 0 saturated carbocycles. The molecule has 2 N–H and O–H groups in total. The van der Waals surface area contributed by atoms with Gasteiger partial charge in [0.2, 0.25) is 0 Å². The monoisotopic (exact) mass is 466 g/mol. The maximum atomic E-state index is 11.6. The van der Waals surface area contributed by atoms with Crippen molar-refractivity contribution in [3.8, 4) is 0 Å². The lowest BCUT2D eigenvalue weighted by Crippen LogP contribution is -2.34. The van der Waals surface area contributed by atoms with Crippen LogP contribution < -0.4 is 0 Å². The van der Waals surface area contributed by atoms with Gasteiger partial charge in [-0.1, -0.05) is 90.4 Å². The zero-order valence-corrected chi connectivity index (χ0v) is 19.9. The standard InChI is InChI=1S/C22H42O8S/c1-2-3-4-5-6-7-8-9-10-11-12-13-14-15-16-29-17-18-30-22(25)20(19-21(23)24)31(26,27)28/h20H,2-19H2,1H3,(H,23,24)(H,26,27,28). The number of hydrogen-bond acceptors (Lipinski definition) is 6. The Labute approximate surface area is 187 Å². The molecule has 0 aliphatic rings. The van der Waals surface area contributed by atoms with Crippen molar-refractivity contribution >= 4 is 22.1 Å². The van der Waals surface area contributed by atoms with Crippen LogP contribution in [-0.2, 0) is 29.2 Å². The molecule has 0 bridgehead atoms. The first kappa shape index (κ1) is 29.8. The summed E-state index contributed by atoms with van der Waals surface area (Å²) in [5, 5.41) is 6.50. The van der Waals surface area contributed by atoms with Gasteiger partial charge in [-0.25, -0.2) is 0 Å². The average Bonchev–Trinajstić information content (AvgIpc) is 2.70. The lowest BCUT2D eigenvalue weighted by molar-refractivity contribution is -0.148. The molecule has 0 spiro atoms. The van der Waals surface area contributed by atoms with Gasteiger partial charge in [0.15, 0.2) is 5.25 Å². The van der Waals surface area contributed by atoms with Crippen LogP contribution in [0.15, 0.2) is 0 Å². The van der Waals surface area contributed by atoms with E-state index in [1.165, 1.54) is 77.0 Å². The fourth-order valence-corrected chi connectivity index (χ4v) is 3.93. The zero-order chi connectivity index (χ0) is 23.4. The van der Waals surface area contributed by atoms with E-state index in [1.54, 1.807) is 0 Å². The van der Waals surface area contributed by atoms with E-state index in [2.05, 4.69) is 11.7 Å². The summed E-state index contributed by atoms with van der Waals surface area (Å²) in [5.74, 6) is -2.81. The Morgan fingerprint density at radius 3 is 1.61 bits per heavy atom. The minimum Gasteiger partial charge on any atom is -0.481 e.